The van der Waals surface area contributed by atoms with E-state index in [9.17, 15) is 13.6 Å². The third-order valence-electron chi connectivity index (χ3n) is 4.10. The fraction of sp³-hybridized carbons (Fsp3) is 0.421. The lowest BCUT2D eigenvalue weighted by atomic mass is 9.83. The van der Waals surface area contributed by atoms with E-state index >= 15 is 0 Å². The maximum Gasteiger partial charge on any atom is 0.333 e. The van der Waals surface area contributed by atoms with Crippen LogP contribution in [0.1, 0.15) is 38.2 Å². The fourth-order valence-electron chi connectivity index (χ4n) is 2.68. The summed E-state index contributed by atoms with van der Waals surface area (Å²) in [4.78, 5) is 11.8. The largest absolute Gasteiger partial charge is 0.454 e. The molecule has 0 heterocycles. The number of carbonyl (C=O) groups is 1. The summed E-state index contributed by atoms with van der Waals surface area (Å²) >= 11 is 0. The molecule has 2 rings (SSSR count). The van der Waals surface area contributed by atoms with Crippen molar-refractivity contribution in [2.45, 2.75) is 44.6 Å². The third-order valence-corrected chi connectivity index (χ3v) is 4.10. The number of halogens is 2. The van der Waals surface area contributed by atoms with Gasteiger partial charge in [0.05, 0.1) is 0 Å². The maximum absolute atomic E-state index is 13.3. The summed E-state index contributed by atoms with van der Waals surface area (Å²) in [6.07, 6.45) is 3.54. The van der Waals surface area contributed by atoms with Crippen LogP contribution in [0, 0.1) is 5.92 Å². The number of carbonyl (C=O) groups excluding carboxylic acids is 1. The maximum atomic E-state index is 13.3. The van der Waals surface area contributed by atoms with E-state index in [0.717, 1.165) is 5.56 Å². The van der Waals surface area contributed by atoms with Gasteiger partial charge in [-0.3, -0.25) is 0 Å². The number of esters is 1. The minimum atomic E-state index is -2.59. The van der Waals surface area contributed by atoms with Gasteiger partial charge in [-0.2, -0.15) is 0 Å². The van der Waals surface area contributed by atoms with E-state index < -0.39 is 18.0 Å². The van der Waals surface area contributed by atoms with Crippen LogP contribution in [-0.2, 0) is 9.53 Å². The Morgan fingerprint density at radius 1 is 1.30 bits per heavy atom. The number of alkyl halides is 2. The van der Waals surface area contributed by atoms with Crippen molar-refractivity contribution < 1.29 is 18.3 Å². The summed E-state index contributed by atoms with van der Waals surface area (Å²) in [5.41, 5.74) is 1.29. The van der Waals surface area contributed by atoms with Crippen LogP contribution in [0.3, 0.4) is 0 Å². The number of hydrogen-bond acceptors (Lipinski definition) is 2. The fourth-order valence-corrected chi connectivity index (χ4v) is 2.68. The predicted octanol–water partition coefficient (Wildman–Crippen LogP) is 5.01. The molecule has 1 fully saturated rings. The first kappa shape index (κ1) is 17.4. The SMILES string of the molecule is C=C(C)C(=O)OC(/C=C/c1ccccc1)C1CCC(F)(F)CC1. The molecule has 1 aromatic rings. The normalized spacial score (nSPS) is 19.4. The molecule has 0 bridgehead atoms. The minimum Gasteiger partial charge on any atom is -0.454 e. The summed E-state index contributed by atoms with van der Waals surface area (Å²) in [5, 5.41) is 0. The molecule has 1 aromatic carbocycles. The molecule has 1 aliphatic carbocycles. The number of hydrogen-bond donors (Lipinski definition) is 0. The Bertz CT molecular complexity index is 568. The van der Waals surface area contributed by atoms with Crippen LogP contribution < -0.4 is 0 Å². The van der Waals surface area contributed by atoms with E-state index in [1.54, 1.807) is 13.0 Å². The molecule has 1 saturated carbocycles. The second-order valence-corrected chi connectivity index (χ2v) is 6.11. The first-order valence-electron chi connectivity index (χ1n) is 7.85. The highest BCUT2D eigenvalue weighted by molar-refractivity contribution is 5.87. The molecule has 0 amide bonds. The van der Waals surface area contributed by atoms with Gasteiger partial charge in [0.1, 0.15) is 6.10 Å². The van der Waals surface area contributed by atoms with Gasteiger partial charge in [0.25, 0.3) is 0 Å². The van der Waals surface area contributed by atoms with E-state index in [0.29, 0.717) is 18.4 Å². The average molecular weight is 320 g/mol. The lowest BCUT2D eigenvalue weighted by Gasteiger charge is -2.32. The Morgan fingerprint density at radius 3 is 2.48 bits per heavy atom. The Kier molecular flexibility index (Phi) is 5.69. The van der Waals surface area contributed by atoms with Crippen molar-refractivity contribution in [3.05, 3.63) is 54.1 Å². The molecular weight excluding hydrogens is 298 g/mol. The Hall–Kier alpha value is -1.97. The molecule has 0 spiro atoms. The molecular formula is C19H22F2O2. The molecule has 1 aliphatic rings. The molecule has 1 atom stereocenters. The first-order valence-corrected chi connectivity index (χ1v) is 7.85. The van der Waals surface area contributed by atoms with Crippen molar-refractivity contribution in [3.63, 3.8) is 0 Å². The highest BCUT2D eigenvalue weighted by Crippen LogP contribution is 2.38. The van der Waals surface area contributed by atoms with E-state index in [2.05, 4.69) is 6.58 Å². The van der Waals surface area contributed by atoms with Gasteiger partial charge >= 0.3 is 5.97 Å². The zero-order valence-electron chi connectivity index (χ0n) is 13.3. The van der Waals surface area contributed by atoms with Crippen molar-refractivity contribution in [3.8, 4) is 0 Å². The second kappa shape index (κ2) is 7.53. The van der Waals surface area contributed by atoms with Crippen molar-refractivity contribution in [2.24, 2.45) is 5.92 Å². The van der Waals surface area contributed by atoms with E-state index in [1.165, 1.54) is 0 Å². The Labute approximate surface area is 135 Å². The lowest BCUT2D eigenvalue weighted by Crippen LogP contribution is -2.33. The third kappa shape index (κ3) is 5.31. The molecule has 0 saturated heterocycles. The number of ether oxygens (including phenoxy) is 1. The number of rotatable bonds is 5. The second-order valence-electron chi connectivity index (χ2n) is 6.11. The lowest BCUT2D eigenvalue weighted by molar-refractivity contribution is -0.146. The first-order chi connectivity index (χ1) is 10.9. The van der Waals surface area contributed by atoms with Crippen LogP contribution in [0.25, 0.3) is 6.08 Å². The topological polar surface area (TPSA) is 26.3 Å². The molecule has 23 heavy (non-hydrogen) atoms. The minimum absolute atomic E-state index is 0.0853. The van der Waals surface area contributed by atoms with Gasteiger partial charge in [-0.1, -0.05) is 43.0 Å². The zero-order valence-corrected chi connectivity index (χ0v) is 13.3. The van der Waals surface area contributed by atoms with E-state index in [1.807, 2.05) is 36.4 Å². The molecule has 0 aliphatic heterocycles. The highest BCUT2D eigenvalue weighted by Gasteiger charge is 2.38. The molecule has 1 unspecified atom stereocenters. The van der Waals surface area contributed by atoms with Crippen LogP contribution in [0.2, 0.25) is 0 Å². The zero-order chi connectivity index (χ0) is 16.9. The van der Waals surface area contributed by atoms with Gasteiger partial charge in [-0.25, -0.2) is 13.6 Å². The van der Waals surface area contributed by atoms with E-state index in [-0.39, 0.29) is 18.8 Å². The van der Waals surface area contributed by atoms with E-state index in [4.69, 9.17) is 4.74 Å². The molecule has 0 N–H and O–H groups in total. The van der Waals surface area contributed by atoms with Gasteiger partial charge in [0, 0.05) is 24.3 Å². The summed E-state index contributed by atoms with van der Waals surface area (Å²) < 4.78 is 32.2. The summed E-state index contributed by atoms with van der Waals surface area (Å²) in [6, 6.07) is 9.61. The van der Waals surface area contributed by atoms with Crippen LogP contribution in [-0.4, -0.2) is 18.0 Å². The molecule has 4 heteroatoms. The Balaban J connectivity index is 2.10. The van der Waals surface area contributed by atoms with Gasteiger partial charge in [0.2, 0.25) is 5.92 Å². The summed E-state index contributed by atoms with van der Waals surface area (Å²) in [5.74, 6) is -3.16. The van der Waals surface area contributed by atoms with Gasteiger partial charge in [-0.15, -0.1) is 0 Å². The average Bonchev–Trinajstić information content (AvgIpc) is 2.52. The van der Waals surface area contributed by atoms with Crippen LogP contribution >= 0.6 is 0 Å². The monoisotopic (exact) mass is 320 g/mol. The predicted molar refractivity (Wildman–Crippen MR) is 87.1 cm³/mol. The number of benzene rings is 1. The molecule has 124 valence electrons. The van der Waals surface area contributed by atoms with Gasteiger partial charge < -0.3 is 4.74 Å². The molecule has 2 nitrogen and oxygen atoms in total. The van der Waals surface area contributed by atoms with Crippen molar-refractivity contribution >= 4 is 12.0 Å². The Morgan fingerprint density at radius 2 is 1.91 bits per heavy atom. The smallest absolute Gasteiger partial charge is 0.333 e. The van der Waals surface area contributed by atoms with Crippen molar-refractivity contribution in [1.29, 1.82) is 0 Å². The van der Waals surface area contributed by atoms with Crippen LogP contribution in [0.15, 0.2) is 48.6 Å². The van der Waals surface area contributed by atoms with Crippen molar-refractivity contribution in [2.75, 3.05) is 0 Å². The van der Waals surface area contributed by atoms with Crippen molar-refractivity contribution in [1.82, 2.24) is 0 Å². The molecule has 0 radical (unpaired) electrons. The van der Waals surface area contributed by atoms with Crippen LogP contribution in [0.5, 0.6) is 0 Å². The van der Waals surface area contributed by atoms with Gasteiger partial charge in [0.15, 0.2) is 0 Å². The summed E-state index contributed by atoms with van der Waals surface area (Å²) in [6.45, 7) is 5.15. The standard InChI is InChI=1S/C19H22F2O2/c1-14(2)18(22)23-17(9-8-15-6-4-3-5-7-15)16-10-12-19(20,21)13-11-16/h3-9,16-17H,1,10-13H2,2H3/b9-8+. The van der Waals surface area contributed by atoms with Gasteiger partial charge in [-0.05, 0) is 31.4 Å². The molecule has 0 aromatic heterocycles. The highest BCUT2D eigenvalue weighted by atomic mass is 19.3. The summed E-state index contributed by atoms with van der Waals surface area (Å²) in [7, 11) is 0. The quantitative estimate of drug-likeness (QED) is 0.563. The van der Waals surface area contributed by atoms with Crippen LogP contribution in [0.4, 0.5) is 8.78 Å².